The lowest BCUT2D eigenvalue weighted by atomic mass is 10.0. The van der Waals surface area contributed by atoms with Crippen molar-refractivity contribution in [3.05, 3.63) is 55.7 Å². The molecule has 0 saturated heterocycles. The Morgan fingerprint density at radius 1 is 1.11 bits per heavy atom. The van der Waals surface area contributed by atoms with E-state index in [1.807, 2.05) is 31.4 Å². The van der Waals surface area contributed by atoms with Crippen molar-refractivity contribution in [2.24, 2.45) is 0 Å². The van der Waals surface area contributed by atoms with Crippen molar-refractivity contribution in [2.45, 2.75) is 26.8 Å². The van der Waals surface area contributed by atoms with Gasteiger partial charge in [-0.2, -0.15) is 0 Å². The van der Waals surface area contributed by atoms with Gasteiger partial charge in [0, 0.05) is 14.8 Å². The van der Waals surface area contributed by atoms with Crippen LogP contribution in [0, 0.1) is 20.8 Å². The third-order valence-electron chi connectivity index (χ3n) is 3.15. The summed E-state index contributed by atoms with van der Waals surface area (Å²) >= 11 is 7.95. The lowest BCUT2D eigenvalue weighted by Gasteiger charge is -2.17. The number of hydrogen-bond acceptors (Lipinski definition) is 2. The van der Waals surface area contributed by atoms with E-state index in [9.17, 15) is 0 Å². The summed E-state index contributed by atoms with van der Waals surface area (Å²) in [6.07, 6.45) is 0. The van der Waals surface area contributed by atoms with Gasteiger partial charge in [-0.3, -0.25) is 0 Å². The fourth-order valence-corrected chi connectivity index (χ4v) is 3.53. The molecule has 3 heteroatoms. The normalized spacial score (nSPS) is 12.7. The highest BCUT2D eigenvalue weighted by Crippen LogP contribution is 2.32. The lowest BCUT2D eigenvalue weighted by Crippen LogP contribution is -2.17. The predicted octanol–water partition coefficient (Wildman–Crippen LogP) is 4.64. The Morgan fingerprint density at radius 2 is 1.83 bits per heavy atom. The minimum Gasteiger partial charge on any atom is -0.309 e. The summed E-state index contributed by atoms with van der Waals surface area (Å²) in [5, 5.41) is 4.23. The molecule has 1 heterocycles. The second-order valence-electron chi connectivity index (χ2n) is 4.63. The van der Waals surface area contributed by atoms with Gasteiger partial charge in [-0.1, -0.05) is 23.7 Å². The van der Waals surface area contributed by atoms with Crippen LogP contribution in [-0.2, 0) is 0 Å². The van der Waals surface area contributed by atoms with E-state index in [-0.39, 0.29) is 6.04 Å². The molecule has 0 spiro atoms. The first-order valence-corrected chi connectivity index (χ1v) is 7.22. The van der Waals surface area contributed by atoms with Gasteiger partial charge in [0.1, 0.15) is 0 Å². The molecule has 0 saturated carbocycles. The quantitative estimate of drug-likeness (QED) is 0.863. The molecule has 0 aliphatic carbocycles. The van der Waals surface area contributed by atoms with E-state index in [0.29, 0.717) is 0 Å². The zero-order valence-electron chi connectivity index (χ0n) is 11.2. The maximum absolute atomic E-state index is 6.09. The Morgan fingerprint density at radius 3 is 2.33 bits per heavy atom. The van der Waals surface area contributed by atoms with E-state index in [1.165, 1.54) is 20.9 Å². The first-order valence-electron chi connectivity index (χ1n) is 6.03. The standard InChI is InChI=1S/C15H18ClNS/c1-9-8-12(5-6-13(9)16)14(17-4)15-10(2)7-11(3)18-15/h5-8,14,17H,1-4H3. The molecule has 1 aromatic heterocycles. The first-order chi connectivity index (χ1) is 8.52. The van der Waals surface area contributed by atoms with Crippen LogP contribution >= 0.6 is 22.9 Å². The number of aryl methyl sites for hydroxylation is 3. The SMILES string of the molecule is CNC(c1ccc(Cl)c(C)c1)c1sc(C)cc1C. The van der Waals surface area contributed by atoms with Crippen LogP contribution in [0.25, 0.3) is 0 Å². The number of thiophene rings is 1. The van der Waals surface area contributed by atoms with Gasteiger partial charge < -0.3 is 5.32 Å². The summed E-state index contributed by atoms with van der Waals surface area (Å²) in [6.45, 7) is 6.37. The largest absolute Gasteiger partial charge is 0.309 e. The lowest BCUT2D eigenvalue weighted by molar-refractivity contribution is 0.700. The Balaban J connectivity index is 2.45. The number of nitrogens with one attached hydrogen (secondary N) is 1. The fourth-order valence-electron chi connectivity index (χ4n) is 2.24. The summed E-state index contributed by atoms with van der Waals surface area (Å²) in [5.74, 6) is 0. The first kappa shape index (κ1) is 13.6. The number of halogens is 1. The second-order valence-corrected chi connectivity index (χ2v) is 6.33. The zero-order valence-corrected chi connectivity index (χ0v) is 12.7. The molecule has 0 aliphatic heterocycles. The van der Waals surface area contributed by atoms with Crippen molar-refractivity contribution in [2.75, 3.05) is 7.05 Å². The zero-order chi connectivity index (χ0) is 13.3. The minimum atomic E-state index is 0.250. The van der Waals surface area contributed by atoms with Gasteiger partial charge in [0.25, 0.3) is 0 Å². The number of hydrogen-bond donors (Lipinski definition) is 1. The summed E-state index contributed by atoms with van der Waals surface area (Å²) in [6, 6.07) is 8.74. The van der Waals surface area contributed by atoms with Crippen molar-refractivity contribution in [1.82, 2.24) is 5.32 Å². The predicted molar refractivity (Wildman–Crippen MR) is 80.9 cm³/mol. The topological polar surface area (TPSA) is 12.0 Å². The van der Waals surface area contributed by atoms with Crippen molar-refractivity contribution in [3.63, 3.8) is 0 Å². The van der Waals surface area contributed by atoms with Crippen LogP contribution in [0.1, 0.15) is 32.5 Å². The molecule has 0 fully saturated rings. The maximum atomic E-state index is 6.09. The van der Waals surface area contributed by atoms with Crippen LogP contribution in [0.2, 0.25) is 5.02 Å². The van der Waals surface area contributed by atoms with E-state index in [0.717, 1.165) is 10.6 Å². The highest BCUT2D eigenvalue weighted by atomic mass is 35.5. The van der Waals surface area contributed by atoms with Crippen LogP contribution in [-0.4, -0.2) is 7.05 Å². The van der Waals surface area contributed by atoms with Crippen LogP contribution < -0.4 is 5.32 Å². The molecule has 2 aromatic rings. The smallest absolute Gasteiger partial charge is 0.0671 e. The van der Waals surface area contributed by atoms with Gasteiger partial charge in [0.2, 0.25) is 0 Å². The third-order valence-corrected chi connectivity index (χ3v) is 4.79. The molecular weight excluding hydrogens is 262 g/mol. The fraction of sp³-hybridized carbons (Fsp3) is 0.333. The second kappa shape index (κ2) is 5.43. The Hall–Kier alpha value is -0.830. The average Bonchev–Trinajstić information content (AvgIpc) is 2.64. The molecule has 18 heavy (non-hydrogen) atoms. The summed E-state index contributed by atoms with van der Waals surface area (Å²) < 4.78 is 0. The Kier molecular flexibility index (Phi) is 4.10. The van der Waals surface area contributed by atoms with Gasteiger partial charge in [0.15, 0.2) is 0 Å². The van der Waals surface area contributed by atoms with E-state index in [2.05, 4.69) is 37.4 Å². The molecule has 96 valence electrons. The highest BCUT2D eigenvalue weighted by molar-refractivity contribution is 7.12. The van der Waals surface area contributed by atoms with Gasteiger partial charge in [0.05, 0.1) is 6.04 Å². The molecule has 1 nitrogen and oxygen atoms in total. The molecule has 0 aliphatic rings. The van der Waals surface area contributed by atoms with Crippen molar-refractivity contribution >= 4 is 22.9 Å². The van der Waals surface area contributed by atoms with E-state index in [1.54, 1.807) is 0 Å². The summed E-state index contributed by atoms with van der Waals surface area (Å²) in [5.41, 5.74) is 3.74. The van der Waals surface area contributed by atoms with Crippen LogP contribution in [0.5, 0.6) is 0 Å². The monoisotopic (exact) mass is 279 g/mol. The molecule has 2 rings (SSSR count). The van der Waals surface area contributed by atoms with Crippen LogP contribution in [0.3, 0.4) is 0 Å². The molecule has 1 unspecified atom stereocenters. The maximum Gasteiger partial charge on any atom is 0.0671 e. The number of benzene rings is 1. The van der Waals surface area contributed by atoms with E-state index < -0.39 is 0 Å². The van der Waals surface area contributed by atoms with Crippen LogP contribution in [0.15, 0.2) is 24.3 Å². The molecular formula is C15H18ClNS. The van der Waals surface area contributed by atoms with Crippen molar-refractivity contribution in [1.29, 1.82) is 0 Å². The third kappa shape index (κ3) is 2.61. The Labute approximate surface area is 118 Å². The number of rotatable bonds is 3. The molecule has 1 N–H and O–H groups in total. The van der Waals surface area contributed by atoms with Gasteiger partial charge in [-0.25, -0.2) is 0 Å². The van der Waals surface area contributed by atoms with Gasteiger partial charge in [-0.15, -0.1) is 11.3 Å². The van der Waals surface area contributed by atoms with E-state index in [4.69, 9.17) is 11.6 Å². The summed E-state index contributed by atoms with van der Waals surface area (Å²) in [4.78, 5) is 2.74. The molecule has 0 radical (unpaired) electrons. The minimum absolute atomic E-state index is 0.250. The summed E-state index contributed by atoms with van der Waals surface area (Å²) in [7, 11) is 2.00. The molecule has 1 aromatic carbocycles. The van der Waals surface area contributed by atoms with Gasteiger partial charge >= 0.3 is 0 Å². The highest BCUT2D eigenvalue weighted by Gasteiger charge is 2.17. The van der Waals surface area contributed by atoms with E-state index >= 15 is 0 Å². The Bertz CT molecular complexity index is 560. The molecule has 1 atom stereocenters. The average molecular weight is 280 g/mol. The molecule has 0 bridgehead atoms. The van der Waals surface area contributed by atoms with Crippen LogP contribution in [0.4, 0.5) is 0 Å². The molecule has 0 amide bonds. The van der Waals surface area contributed by atoms with Crippen molar-refractivity contribution < 1.29 is 0 Å². The van der Waals surface area contributed by atoms with Gasteiger partial charge in [-0.05, 0) is 56.6 Å². The van der Waals surface area contributed by atoms with Crippen molar-refractivity contribution in [3.8, 4) is 0 Å².